The molecule has 0 aliphatic carbocycles. The number of ether oxygens (including phenoxy) is 3. The summed E-state index contributed by atoms with van der Waals surface area (Å²) >= 11 is 0. The molecule has 0 radical (unpaired) electrons. The summed E-state index contributed by atoms with van der Waals surface area (Å²) in [5, 5.41) is 0. The smallest absolute Gasteiger partial charge is 0.104 e. The van der Waals surface area contributed by atoms with Crippen LogP contribution >= 0.6 is 0 Å². The maximum absolute atomic E-state index is 6.11. The minimum Gasteiger partial charge on any atom is -0.379 e. The van der Waals surface area contributed by atoms with Gasteiger partial charge in [-0.2, -0.15) is 0 Å². The van der Waals surface area contributed by atoms with E-state index in [4.69, 9.17) is 14.2 Å². The van der Waals surface area contributed by atoms with E-state index in [1.807, 2.05) is 6.92 Å². The highest BCUT2D eigenvalue weighted by molar-refractivity contribution is 5.26. The highest BCUT2D eigenvalue weighted by Gasteiger charge is 2.14. The predicted molar refractivity (Wildman–Crippen MR) is 165 cm³/mol. The molecule has 0 aromatic heterocycles. The fourth-order valence-electron chi connectivity index (χ4n) is 5.19. The molecular formula is C34H60N2O3. The van der Waals surface area contributed by atoms with Crippen molar-refractivity contribution in [2.24, 2.45) is 0 Å². The van der Waals surface area contributed by atoms with E-state index < -0.39 is 0 Å². The highest BCUT2D eigenvalue weighted by Crippen LogP contribution is 2.17. The Bertz CT molecular complexity index is 726. The third-order valence-corrected chi connectivity index (χ3v) is 7.66. The van der Waals surface area contributed by atoms with Crippen molar-refractivity contribution >= 4 is 0 Å². The van der Waals surface area contributed by atoms with Crippen LogP contribution in [0, 0.1) is 0 Å². The van der Waals surface area contributed by atoms with Crippen LogP contribution in [0.15, 0.2) is 36.7 Å². The van der Waals surface area contributed by atoms with E-state index in [9.17, 15) is 0 Å². The lowest BCUT2D eigenvalue weighted by atomic mass is 10.0. The van der Waals surface area contributed by atoms with Crippen molar-refractivity contribution in [3.63, 3.8) is 0 Å². The van der Waals surface area contributed by atoms with Crippen LogP contribution < -0.4 is 0 Å². The zero-order chi connectivity index (χ0) is 27.8. The van der Waals surface area contributed by atoms with Crippen molar-refractivity contribution in [3.05, 3.63) is 47.8 Å². The largest absolute Gasteiger partial charge is 0.379 e. The van der Waals surface area contributed by atoms with Crippen LogP contribution in [0.1, 0.15) is 122 Å². The lowest BCUT2D eigenvalue weighted by Gasteiger charge is -2.22. The van der Waals surface area contributed by atoms with Crippen LogP contribution in [0.5, 0.6) is 0 Å². The molecule has 1 aromatic carbocycles. The Morgan fingerprint density at radius 2 is 1.23 bits per heavy atom. The highest BCUT2D eigenvalue weighted by atomic mass is 16.6. The normalized spacial score (nSPS) is 14.0. The Hall–Kier alpha value is -1.56. The van der Waals surface area contributed by atoms with Crippen LogP contribution in [0.3, 0.4) is 0 Å². The zero-order valence-electron chi connectivity index (χ0n) is 25.7. The minimum absolute atomic E-state index is 0.00608. The lowest BCUT2D eigenvalue weighted by Crippen LogP contribution is -2.26. The van der Waals surface area contributed by atoms with Gasteiger partial charge >= 0.3 is 0 Å². The van der Waals surface area contributed by atoms with Gasteiger partial charge in [0.25, 0.3) is 0 Å². The molecule has 39 heavy (non-hydrogen) atoms. The lowest BCUT2D eigenvalue weighted by molar-refractivity contribution is -0.0602. The number of hydrogen-bond donors (Lipinski definition) is 0. The molecule has 5 nitrogen and oxygen atoms in total. The van der Waals surface area contributed by atoms with E-state index in [1.165, 1.54) is 94.6 Å². The summed E-state index contributed by atoms with van der Waals surface area (Å²) < 4.78 is 18.0. The second-order valence-corrected chi connectivity index (χ2v) is 11.1. The molecule has 2 rings (SSSR count). The standard InChI is InChI=1S/C34H60N2O3/c1-4-7-8-9-10-11-12-13-14-15-16-17-18-21-26-37-29-34(39-6-3)30-38-28-33-23-20-19-22-32(33)27-36-25-24-35(5-2)31-36/h19-20,22-25,34H,4-18,21,26-31H2,1-3H3. The molecule has 0 saturated carbocycles. The number of nitrogens with zero attached hydrogens (tertiary/aromatic N) is 2. The Kier molecular flexibility index (Phi) is 20.0. The van der Waals surface area contributed by atoms with Crippen LogP contribution in [-0.4, -0.2) is 55.5 Å². The summed E-state index contributed by atoms with van der Waals surface area (Å²) in [6.07, 6.45) is 23.7. The van der Waals surface area contributed by atoms with E-state index in [0.717, 1.165) is 32.8 Å². The molecule has 0 fully saturated rings. The fourth-order valence-corrected chi connectivity index (χ4v) is 5.19. The average molecular weight is 545 g/mol. The van der Waals surface area contributed by atoms with Crippen molar-refractivity contribution < 1.29 is 14.2 Å². The summed E-state index contributed by atoms with van der Waals surface area (Å²) in [5.41, 5.74) is 2.57. The minimum atomic E-state index is -0.00608. The first-order valence-corrected chi connectivity index (χ1v) is 16.3. The van der Waals surface area contributed by atoms with Crippen molar-refractivity contribution in [2.75, 3.05) is 39.6 Å². The number of rotatable bonds is 26. The van der Waals surface area contributed by atoms with Gasteiger partial charge < -0.3 is 24.0 Å². The molecule has 0 spiro atoms. The van der Waals surface area contributed by atoms with Gasteiger partial charge in [0.15, 0.2) is 0 Å². The average Bonchev–Trinajstić information content (AvgIpc) is 3.41. The van der Waals surface area contributed by atoms with Crippen LogP contribution in [0.25, 0.3) is 0 Å². The Labute approximate surface area is 241 Å². The molecule has 1 aromatic rings. The van der Waals surface area contributed by atoms with Gasteiger partial charge in [0.05, 0.1) is 26.5 Å². The summed E-state index contributed by atoms with van der Waals surface area (Å²) in [4.78, 5) is 4.65. The van der Waals surface area contributed by atoms with Crippen molar-refractivity contribution in [2.45, 2.75) is 130 Å². The van der Waals surface area contributed by atoms with Gasteiger partial charge in [-0.05, 0) is 31.4 Å². The molecule has 1 unspecified atom stereocenters. The first-order chi connectivity index (χ1) is 19.3. The molecular weight excluding hydrogens is 484 g/mol. The van der Waals surface area contributed by atoms with Gasteiger partial charge in [-0.15, -0.1) is 0 Å². The molecule has 1 atom stereocenters. The van der Waals surface area contributed by atoms with E-state index in [-0.39, 0.29) is 6.10 Å². The maximum Gasteiger partial charge on any atom is 0.104 e. The second-order valence-electron chi connectivity index (χ2n) is 11.1. The van der Waals surface area contributed by atoms with Crippen LogP contribution in [0.2, 0.25) is 0 Å². The molecule has 224 valence electrons. The van der Waals surface area contributed by atoms with Crippen molar-refractivity contribution in [1.82, 2.24) is 9.80 Å². The van der Waals surface area contributed by atoms with Crippen LogP contribution in [0.4, 0.5) is 0 Å². The van der Waals surface area contributed by atoms with E-state index >= 15 is 0 Å². The summed E-state index contributed by atoms with van der Waals surface area (Å²) in [5.74, 6) is 0. The van der Waals surface area contributed by atoms with Gasteiger partial charge in [0.2, 0.25) is 0 Å². The predicted octanol–water partition coefficient (Wildman–Crippen LogP) is 8.67. The quantitative estimate of drug-likeness (QED) is 0.109. The summed E-state index contributed by atoms with van der Waals surface area (Å²) in [6.45, 7) is 12.7. The maximum atomic E-state index is 6.11. The van der Waals surface area contributed by atoms with E-state index in [1.54, 1.807) is 0 Å². The van der Waals surface area contributed by atoms with Crippen LogP contribution in [-0.2, 0) is 27.4 Å². The topological polar surface area (TPSA) is 34.2 Å². The molecule has 0 saturated heterocycles. The Morgan fingerprint density at radius 1 is 0.667 bits per heavy atom. The number of unbranched alkanes of at least 4 members (excludes halogenated alkanes) is 13. The van der Waals surface area contributed by atoms with E-state index in [0.29, 0.717) is 26.4 Å². The van der Waals surface area contributed by atoms with Gasteiger partial charge in [-0.3, -0.25) is 0 Å². The van der Waals surface area contributed by atoms with Crippen molar-refractivity contribution in [3.8, 4) is 0 Å². The van der Waals surface area contributed by atoms with Gasteiger partial charge in [-0.25, -0.2) is 0 Å². The third-order valence-electron chi connectivity index (χ3n) is 7.66. The molecule has 0 bridgehead atoms. The van der Waals surface area contributed by atoms with Gasteiger partial charge in [-0.1, -0.05) is 115 Å². The summed E-state index contributed by atoms with van der Waals surface area (Å²) in [7, 11) is 0. The SMILES string of the molecule is CCCCCCCCCCCCCCCCOCC(COCc1ccccc1CN1C=CN(CC)C1)OCC. The summed E-state index contributed by atoms with van der Waals surface area (Å²) in [6, 6.07) is 8.60. The first kappa shape index (κ1) is 33.6. The Morgan fingerprint density at radius 3 is 1.82 bits per heavy atom. The fraction of sp³-hybridized carbons (Fsp3) is 0.765. The van der Waals surface area contributed by atoms with Gasteiger partial charge in [0.1, 0.15) is 6.10 Å². The van der Waals surface area contributed by atoms with E-state index in [2.05, 4.69) is 60.3 Å². The second kappa shape index (κ2) is 23.2. The molecule has 1 aliphatic heterocycles. The molecule has 0 N–H and O–H groups in total. The molecule has 0 amide bonds. The van der Waals surface area contributed by atoms with Crippen molar-refractivity contribution in [1.29, 1.82) is 0 Å². The number of benzene rings is 1. The number of hydrogen-bond acceptors (Lipinski definition) is 5. The Balaban J connectivity index is 1.48. The molecule has 1 heterocycles. The monoisotopic (exact) mass is 544 g/mol. The third kappa shape index (κ3) is 16.3. The zero-order valence-corrected chi connectivity index (χ0v) is 25.7. The van der Waals surface area contributed by atoms with Gasteiger partial charge in [0, 0.05) is 38.7 Å². The molecule has 1 aliphatic rings. The molecule has 5 heteroatoms. The first-order valence-electron chi connectivity index (χ1n) is 16.3.